The fourth-order valence-corrected chi connectivity index (χ4v) is 2.27. The molecule has 0 unspecified atom stereocenters. The van der Waals surface area contributed by atoms with Crippen LogP contribution in [0.2, 0.25) is 0 Å². The van der Waals surface area contributed by atoms with Gasteiger partial charge in [0.15, 0.2) is 0 Å². The second-order valence-electron chi connectivity index (χ2n) is 4.44. The third-order valence-corrected chi connectivity index (χ3v) is 3.20. The van der Waals surface area contributed by atoms with Crippen LogP contribution in [-0.4, -0.2) is 36.1 Å². The van der Waals surface area contributed by atoms with E-state index >= 15 is 0 Å². The summed E-state index contributed by atoms with van der Waals surface area (Å²) in [6.45, 7) is 3.75. The summed E-state index contributed by atoms with van der Waals surface area (Å²) in [5.74, 6) is 0.897. The summed E-state index contributed by atoms with van der Waals surface area (Å²) in [4.78, 5) is 20.0. The molecule has 3 rings (SSSR count). The Hall–Kier alpha value is -2.01. The monoisotopic (exact) mass is 244 g/mol. The van der Waals surface area contributed by atoms with Crippen LogP contribution in [0, 0.1) is 0 Å². The van der Waals surface area contributed by atoms with Crippen LogP contribution in [0.15, 0.2) is 35.3 Å². The van der Waals surface area contributed by atoms with E-state index in [1.165, 1.54) is 0 Å². The molecule has 1 fully saturated rings. The smallest absolute Gasteiger partial charge is 0.250 e. The van der Waals surface area contributed by atoms with Crippen LogP contribution >= 0.6 is 0 Å². The zero-order valence-electron chi connectivity index (χ0n) is 10.1. The highest BCUT2D eigenvalue weighted by Crippen LogP contribution is 2.19. The van der Waals surface area contributed by atoms with E-state index in [1.54, 1.807) is 6.07 Å². The van der Waals surface area contributed by atoms with E-state index in [0.717, 1.165) is 43.3 Å². The molecule has 3 heterocycles. The van der Waals surface area contributed by atoms with E-state index in [2.05, 4.69) is 20.2 Å². The topological polar surface area (TPSA) is 63.9 Å². The number of hydrogen-bond acceptors (Lipinski definition) is 3. The van der Waals surface area contributed by atoms with Gasteiger partial charge in [-0.15, -0.1) is 0 Å². The Morgan fingerprint density at radius 1 is 1.17 bits per heavy atom. The molecule has 2 aromatic rings. The third-order valence-electron chi connectivity index (χ3n) is 3.20. The van der Waals surface area contributed by atoms with Gasteiger partial charge in [-0.3, -0.25) is 4.79 Å². The number of hydrogen-bond donors (Lipinski definition) is 3. The van der Waals surface area contributed by atoms with Gasteiger partial charge in [0.05, 0.1) is 0 Å². The van der Waals surface area contributed by atoms with Crippen molar-refractivity contribution in [3.8, 4) is 11.3 Å². The molecular formula is C13H16N4O. The summed E-state index contributed by atoms with van der Waals surface area (Å²) in [5.41, 5.74) is 1.84. The highest BCUT2D eigenvalue weighted by molar-refractivity contribution is 5.63. The second kappa shape index (κ2) is 4.70. The molecule has 0 amide bonds. The predicted octanol–water partition coefficient (Wildman–Crippen LogP) is 0.780. The number of piperazine rings is 1. The summed E-state index contributed by atoms with van der Waals surface area (Å²) in [5, 5.41) is 3.30. The first-order valence-electron chi connectivity index (χ1n) is 6.17. The minimum Gasteiger partial charge on any atom is -0.361 e. The minimum absolute atomic E-state index is 0.0596. The number of anilines is 1. The fourth-order valence-electron chi connectivity index (χ4n) is 2.27. The zero-order chi connectivity index (χ0) is 12.4. The molecule has 2 aromatic heterocycles. The van der Waals surface area contributed by atoms with Gasteiger partial charge in [0.25, 0.3) is 0 Å². The Morgan fingerprint density at radius 2 is 2.00 bits per heavy atom. The molecule has 1 aliphatic rings. The van der Waals surface area contributed by atoms with E-state index in [9.17, 15) is 4.79 Å². The van der Waals surface area contributed by atoms with Gasteiger partial charge in [-0.1, -0.05) is 0 Å². The highest BCUT2D eigenvalue weighted by atomic mass is 16.1. The SMILES string of the molecule is O=c1cc(-c2ccc[nH]2)cc(N2CCNCC2)[nH]1. The quantitative estimate of drug-likeness (QED) is 0.731. The number of aromatic amines is 2. The van der Waals surface area contributed by atoms with Gasteiger partial charge in [-0.2, -0.15) is 0 Å². The summed E-state index contributed by atoms with van der Waals surface area (Å²) in [6, 6.07) is 7.55. The normalized spacial score (nSPS) is 15.9. The summed E-state index contributed by atoms with van der Waals surface area (Å²) in [7, 11) is 0. The molecule has 0 atom stereocenters. The van der Waals surface area contributed by atoms with E-state index < -0.39 is 0 Å². The molecule has 0 spiro atoms. The van der Waals surface area contributed by atoms with Crippen molar-refractivity contribution >= 4 is 5.82 Å². The van der Waals surface area contributed by atoms with Crippen LogP contribution in [0.3, 0.4) is 0 Å². The molecule has 0 saturated carbocycles. The molecule has 1 aliphatic heterocycles. The maximum atomic E-state index is 11.7. The van der Waals surface area contributed by atoms with Crippen molar-refractivity contribution in [2.24, 2.45) is 0 Å². The van der Waals surface area contributed by atoms with Crippen molar-refractivity contribution in [1.82, 2.24) is 15.3 Å². The molecule has 3 N–H and O–H groups in total. The van der Waals surface area contributed by atoms with Crippen molar-refractivity contribution in [1.29, 1.82) is 0 Å². The first-order chi connectivity index (χ1) is 8.83. The Kier molecular flexibility index (Phi) is 2.90. The van der Waals surface area contributed by atoms with Crippen LogP contribution in [0.4, 0.5) is 5.82 Å². The maximum absolute atomic E-state index is 11.7. The van der Waals surface area contributed by atoms with Crippen molar-refractivity contribution in [3.63, 3.8) is 0 Å². The number of aromatic nitrogens is 2. The van der Waals surface area contributed by atoms with Gasteiger partial charge in [0.1, 0.15) is 5.82 Å². The number of nitrogens with zero attached hydrogens (tertiary/aromatic N) is 1. The molecule has 0 aromatic carbocycles. The molecule has 5 heteroatoms. The summed E-state index contributed by atoms with van der Waals surface area (Å²) >= 11 is 0. The van der Waals surface area contributed by atoms with Crippen LogP contribution in [0.25, 0.3) is 11.3 Å². The van der Waals surface area contributed by atoms with Crippen LogP contribution in [0.5, 0.6) is 0 Å². The molecular weight excluding hydrogens is 228 g/mol. The number of pyridine rings is 1. The van der Waals surface area contributed by atoms with Crippen molar-refractivity contribution in [3.05, 3.63) is 40.8 Å². The zero-order valence-corrected chi connectivity index (χ0v) is 10.1. The average Bonchev–Trinajstić information content (AvgIpc) is 2.93. The summed E-state index contributed by atoms with van der Waals surface area (Å²) < 4.78 is 0. The highest BCUT2D eigenvalue weighted by Gasteiger charge is 2.12. The Bertz CT molecular complexity index is 567. The first kappa shape index (κ1) is 11.1. The van der Waals surface area contributed by atoms with E-state index in [1.807, 2.05) is 24.4 Å². The lowest BCUT2D eigenvalue weighted by atomic mass is 10.2. The molecule has 0 radical (unpaired) electrons. The van der Waals surface area contributed by atoms with Gasteiger partial charge in [0, 0.05) is 49.7 Å². The molecule has 0 bridgehead atoms. The Balaban J connectivity index is 1.98. The number of H-pyrrole nitrogens is 2. The lowest BCUT2D eigenvalue weighted by Crippen LogP contribution is -2.44. The summed E-state index contributed by atoms with van der Waals surface area (Å²) in [6.07, 6.45) is 1.86. The van der Waals surface area contributed by atoms with Gasteiger partial charge in [0.2, 0.25) is 5.56 Å². The molecule has 1 saturated heterocycles. The molecule has 94 valence electrons. The second-order valence-corrected chi connectivity index (χ2v) is 4.44. The minimum atomic E-state index is -0.0596. The van der Waals surface area contributed by atoms with Crippen molar-refractivity contribution < 1.29 is 0 Å². The first-order valence-corrected chi connectivity index (χ1v) is 6.17. The largest absolute Gasteiger partial charge is 0.361 e. The lowest BCUT2D eigenvalue weighted by Gasteiger charge is -2.29. The van der Waals surface area contributed by atoms with E-state index in [4.69, 9.17) is 0 Å². The number of rotatable bonds is 2. The van der Waals surface area contributed by atoms with Crippen LogP contribution in [0.1, 0.15) is 0 Å². The van der Waals surface area contributed by atoms with Crippen LogP contribution in [-0.2, 0) is 0 Å². The van der Waals surface area contributed by atoms with Gasteiger partial charge >= 0.3 is 0 Å². The van der Waals surface area contributed by atoms with Crippen LogP contribution < -0.4 is 15.8 Å². The Labute approximate surface area is 105 Å². The van der Waals surface area contributed by atoms with Gasteiger partial charge in [-0.25, -0.2) is 0 Å². The van der Waals surface area contributed by atoms with Gasteiger partial charge in [-0.05, 0) is 18.2 Å². The van der Waals surface area contributed by atoms with Crippen molar-refractivity contribution in [2.45, 2.75) is 0 Å². The predicted molar refractivity (Wildman–Crippen MR) is 71.9 cm³/mol. The third kappa shape index (κ3) is 2.17. The lowest BCUT2D eigenvalue weighted by molar-refractivity contribution is 0.584. The maximum Gasteiger partial charge on any atom is 0.250 e. The molecule has 5 nitrogen and oxygen atoms in total. The Morgan fingerprint density at radius 3 is 2.72 bits per heavy atom. The standard InChI is InChI=1S/C13H16N4O/c18-13-9-10(11-2-1-3-15-11)8-12(16-13)17-6-4-14-5-7-17/h1-3,8-9,14-15H,4-7H2,(H,16,18). The molecule has 0 aliphatic carbocycles. The fraction of sp³-hybridized carbons (Fsp3) is 0.308. The van der Waals surface area contributed by atoms with Crippen molar-refractivity contribution in [2.75, 3.05) is 31.1 Å². The van der Waals surface area contributed by atoms with Gasteiger partial charge < -0.3 is 20.2 Å². The average molecular weight is 244 g/mol. The number of nitrogens with one attached hydrogen (secondary N) is 3. The molecule has 18 heavy (non-hydrogen) atoms. The van der Waals surface area contributed by atoms with E-state index in [-0.39, 0.29) is 5.56 Å². The van der Waals surface area contributed by atoms with E-state index in [0.29, 0.717) is 0 Å².